The normalized spacial score (nSPS) is 10.5. The van der Waals surface area contributed by atoms with Crippen LogP contribution >= 0.6 is 11.3 Å². The Labute approximate surface area is 160 Å². The highest BCUT2D eigenvalue weighted by atomic mass is 32.1. The molecule has 0 saturated carbocycles. The van der Waals surface area contributed by atoms with Crippen molar-refractivity contribution in [2.45, 2.75) is 0 Å². The lowest BCUT2D eigenvalue weighted by Crippen LogP contribution is -2.24. The Balaban J connectivity index is 1.50. The summed E-state index contributed by atoms with van der Waals surface area (Å²) in [6, 6.07) is 19.4. The minimum Gasteiger partial charge on any atom is -0.484 e. The number of hydrogen-bond acceptors (Lipinski definition) is 6. The van der Waals surface area contributed by atoms with Gasteiger partial charge in [0.2, 0.25) is 0 Å². The fourth-order valence-corrected chi connectivity index (χ4v) is 2.69. The number of ether oxygens (including phenoxy) is 2. The molecule has 2 aromatic carbocycles. The van der Waals surface area contributed by atoms with Gasteiger partial charge >= 0.3 is 5.97 Å². The summed E-state index contributed by atoms with van der Waals surface area (Å²) >= 11 is 1.31. The number of nitrogens with zero attached hydrogens (tertiary/aromatic N) is 1. The van der Waals surface area contributed by atoms with Crippen LogP contribution in [0.5, 0.6) is 11.5 Å². The van der Waals surface area contributed by atoms with Gasteiger partial charge in [0.25, 0.3) is 5.91 Å². The van der Waals surface area contributed by atoms with Gasteiger partial charge in [-0.1, -0.05) is 36.4 Å². The average Bonchev–Trinajstić information content (AvgIpc) is 3.23. The first kappa shape index (κ1) is 18.3. The van der Waals surface area contributed by atoms with Gasteiger partial charge in [0.15, 0.2) is 6.61 Å². The van der Waals surface area contributed by atoms with Crippen molar-refractivity contribution in [2.75, 3.05) is 6.61 Å². The number of nitrogens with one attached hydrogen (secondary N) is 1. The van der Waals surface area contributed by atoms with Crippen molar-refractivity contribution in [3.8, 4) is 11.5 Å². The van der Waals surface area contributed by atoms with Crippen molar-refractivity contribution in [1.82, 2.24) is 5.43 Å². The number of amides is 1. The first-order valence-corrected chi connectivity index (χ1v) is 8.94. The third-order valence-corrected chi connectivity index (χ3v) is 4.16. The molecule has 0 unspecified atom stereocenters. The number of para-hydroxylation sites is 1. The van der Waals surface area contributed by atoms with Crippen LogP contribution in [-0.2, 0) is 4.79 Å². The lowest BCUT2D eigenvalue weighted by Gasteiger charge is -2.04. The molecule has 0 aliphatic carbocycles. The fraction of sp³-hybridized carbons (Fsp3) is 0.0500. The summed E-state index contributed by atoms with van der Waals surface area (Å²) in [6.07, 6.45) is 1.46. The van der Waals surface area contributed by atoms with Crippen LogP contribution in [0.15, 0.2) is 77.2 Å². The maximum absolute atomic E-state index is 12.0. The molecular formula is C20H16N2O4S. The van der Waals surface area contributed by atoms with E-state index in [0.717, 1.165) is 0 Å². The second-order valence-electron chi connectivity index (χ2n) is 5.33. The second-order valence-corrected chi connectivity index (χ2v) is 6.28. The van der Waals surface area contributed by atoms with Crippen LogP contribution in [0.1, 0.15) is 15.2 Å². The molecule has 0 aliphatic rings. The SMILES string of the molecule is O=C(COc1ccccc1)N/N=C\c1cccc(OC(=O)c2cccs2)c1. The summed E-state index contributed by atoms with van der Waals surface area (Å²) in [7, 11) is 0. The zero-order chi connectivity index (χ0) is 18.9. The van der Waals surface area contributed by atoms with Crippen LogP contribution in [0.4, 0.5) is 0 Å². The van der Waals surface area contributed by atoms with Gasteiger partial charge in [-0.3, -0.25) is 4.79 Å². The molecule has 0 aliphatic heterocycles. The fourth-order valence-electron chi connectivity index (χ4n) is 2.09. The molecule has 0 fully saturated rings. The maximum atomic E-state index is 12.0. The summed E-state index contributed by atoms with van der Waals surface area (Å²) in [5, 5.41) is 5.69. The van der Waals surface area contributed by atoms with Crippen LogP contribution in [-0.4, -0.2) is 24.7 Å². The van der Waals surface area contributed by atoms with Crippen LogP contribution in [0, 0.1) is 0 Å². The van der Waals surface area contributed by atoms with Gasteiger partial charge < -0.3 is 9.47 Å². The predicted octanol–water partition coefficient (Wildman–Crippen LogP) is 3.50. The molecule has 6 nitrogen and oxygen atoms in total. The molecule has 0 bridgehead atoms. The van der Waals surface area contributed by atoms with Crippen molar-refractivity contribution in [3.63, 3.8) is 0 Å². The number of hydrogen-bond donors (Lipinski definition) is 1. The molecule has 0 spiro atoms. The van der Waals surface area contributed by atoms with Crippen molar-refractivity contribution < 1.29 is 19.1 Å². The van der Waals surface area contributed by atoms with Crippen LogP contribution in [0.25, 0.3) is 0 Å². The molecule has 0 atom stereocenters. The molecule has 7 heteroatoms. The molecule has 27 heavy (non-hydrogen) atoms. The summed E-state index contributed by atoms with van der Waals surface area (Å²) in [6.45, 7) is -0.139. The van der Waals surface area contributed by atoms with E-state index in [1.807, 2.05) is 23.6 Å². The highest BCUT2D eigenvalue weighted by Gasteiger charge is 2.09. The zero-order valence-corrected chi connectivity index (χ0v) is 15.0. The molecule has 1 amide bonds. The summed E-state index contributed by atoms with van der Waals surface area (Å²) in [5.74, 6) is 0.216. The van der Waals surface area contributed by atoms with E-state index in [1.165, 1.54) is 17.6 Å². The predicted molar refractivity (Wildman–Crippen MR) is 103 cm³/mol. The third kappa shape index (κ3) is 5.79. The highest BCUT2D eigenvalue weighted by Crippen LogP contribution is 2.16. The van der Waals surface area contributed by atoms with E-state index in [1.54, 1.807) is 48.5 Å². The molecule has 1 heterocycles. The van der Waals surface area contributed by atoms with Gasteiger partial charge in [0, 0.05) is 0 Å². The standard InChI is InChI=1S/C20H16N2O4S/c23-19(14-25-16-7-2-1-3-8-16)22-21-13-15-6-4-9-17(12-15)26-20(24)18-10-5-11-27-18/h1-13H,14H2,(H,22,23)/b21-13-. The Kier molecular flexibility index (Phi) is 6.32. The van der Waals surface area contributed by atoms with E-state index in [2.05, 4.69) is 10.5 Å². The topological polar surface area (TPSA) is 77.0 Å². The molecule has 3 aromatic rings. The first-order valence-electron chi connectivity index (χ1n) is 8.06. The van der Waals surface area contributed by atoms with E-state index in [9.17, 15) is 9.59 Å². The molecule has 0 saturated heterocycles. The number of carbonyl (C=O) groups excluding carboxylic acids is 2. The average molecular weight is 380 g/mol. The quantitative estimate of drug-likeness (QED) is 0.295. The summed E-state index contributed by atoms with van der Waals surface area (Å²) in [5.41, 5.74) is 3.06. The lowest BCUT2D eigenvalue weighted by molar-refractivity contribution is -0.123. The van der Waals surface area contributed by atoms with E-state index < -0.39 is 5.97 Å². The van der Waals surface area contributed by atoms with Gasteiger partial charge in [-0.05, 0) is 41.3 Å². The molecule has 0 radical (unpaired) electrons. The summed E-state index contributed by atoms with van der Waals surface area (Å²) < 4.78 is 10.6. The highest BCUT2D eigenvalue weighted by molar-refractivity contribution is 7.12. The Hall–Kier alpha value is -3.45. The van der Waals surface area contributed by atoms with Crippen molar-refractivity contribution >= 4 is 29.4 Å². The van der Waals surface area contributed by atoms with Gasteiger partial charge in [0.1, 0.15) is 16.4 Å². The number of hydrazone groups is 1. The Morgan fingerprint density at radius 1 is 1.00 bits per heavy atom. The number of thiophene rings is 1. The number of benzene rings is 2. The minimum absolute atomic E-state index is 0.139. The number of carbonyl (C=O) groups is 2. The largest absolute Gasteiger partial charge is 0.484 e. The Morgan fingerprint density at radius 3 is 2.59 bits per heavy atom. The van der Waals surface area contributed by atoms with Gasteiger partial charge in [-0.2, -0.15) is 5.10 Å². The van der Waals surface area contributed by atoms with Crippen molar-refractivity contribution in [2.24, 2.45) is 5.10 Å². The first-order chi connectivity index (χ1) is 13.2. The van der Waals surface area contributed by atoms with Gasteiger partial charge in [0.05, 0.1) is 6.21 Å². The van der Waals surface area contributed by atoms with Crippen LogP contribution < -0.4 is 14.9 Å². The van der Waals surface area contributed by atoms with Crippen molar-refractivity contribution in [3.05, 3.63) is 82.6 Å². The Morgan fingerprint density at radius 2 is 1.81 bits per heavy atom. The zero-order valence-electron chi connectivity index (χ0n) is 14.2. The van der Waals surface area contributed by atoms with Crippen LogP contribution in [0.3, 0.4) is 0 Å². The van der Waals surface area contributed by atoms with Gasteiger partial charge in [-0.15, -0.1) is 11.3 Å². The maximum Gasteiger partial charge on any atom is 0.353 e. The van der Waals surface area contributed by atoms with Crippen molar-refractivity contribution in [1.29, 1.82) is 0 Å². The third-order valence-electron chi connectivity index (χ3n) is 3.31. The van der Waals surface area contributed by atoms with E-state index in [4.69, 9.17) is 9.47 Å². The monoisotopic (exact) mass is 380 g/mol. The lowest BCUT2D eigenvalue weighted by atomic mass is 10.2. The second kappa shape index (κ2) is 9.30. The number of esters is 1. The van der Waals surface area contributed by atoms with Crippen LogP contribution in [0.2, 0.25) is 0 Å². The molecular weight excluding hydrogens is 364 g/mol. The Bertz CT molecular complexity index is 924. The van der Waals surface area contributed by atoms with E-state index >= 15 is 0 Å². The van der Waals surface area contributed by atoms with E-state index in [-0.39, 0.29) is 12.5 Å². The van der Waals surface area contributed by atoms with E-state index in [0.29, 0.717) is 21.9 Å². The molecule has 136 valence electrons. The smallest absolute Gasteiger partial charge is 0.353 e. The molecule has 3 rings (SSSR count). The molecule has 1 aromatic heterocycles. The molecule has 1 N–H and O–H groups in total. The van der Waals surface area contributed by atoms with Gasteiger partial charge in [-0.25, -0.2) is 10.2 Å². The number of rotatable bonds is 7. The summed E-state index contributed by atoms with van der Waals surface area (Å²) in [4.78, 5) is 24.2. The minimum atomic E-state index is -0.412.